The van der Waals surface area contributed by atoms with E-state index in [1.807, 2.05) is 44.2 Å². The van der Waals surface area contributed by atoms with Crippen LogP contribution in [0.4, 0.5) is 11.5 Å². The molecule has 0 saturated carbocycles. The number of aromatic nitrogens is 3. The highest BCUT2D eigenvalue weighted by atomic mass is 35.5. The predicted molar refractivity (Wildman–Crippen MR) is 102 cm³/mol. The second-order valence-electron chi connectivity index (χ2n) is 5.85. The minimum atomic E-state index is -0.306. The Hall–Kier alpha value is -2.99. The second kappa shape index (κ2) is 7.93. The highest BCUT2D eigenvalue weighted by molar-refractivity contribution is 6.33. The summed E-state index contributed by atoms with van der Waals surface area (Å²) < 4.78 is 0. The minimum absolute atomic E-state index is 0.234. The zero-order valence-corrected chi connectivity index (χ0v) is 15.2. The van der Waals surface area contributed by atoms with Crippen molar-refractivity contribution in [3.8, 4) is 0 Å². The van der Waals surface area contributed by atoms with Crippen LogP contribution >= 0.6 is 11.6 Å². The molecule has 1 amide bonds. The molecule has 0 aliphatic heterocycles. The van der Waals surface area contributed by atoms with Crippen LogP contribution in [0.3, 0.4) is 0 Å². The van der Waals surface area contributed by atoms with Crippen LogP contribution in [0.2, 0.25) is 5.02 Å². The molecule has 0 aliphatic rings. The molecule has 3 rings (SSSR count). The standard InChI is InChI=1S/C19H18ClN5O/c1-12-7-13(2)18(15(20)8-12)25-17-11-22-16(10-23-17)19(26)24-9-14-5-3-4-6-21-14/h3-8,10-11H,9H2,1-2H3,(H,23,25)(H,24,26). The van der Waals surface area contributed by atoms with E-state index in [2.05, 4.69) is 25.6 Å². The summed E-state index contributed by atoms with van der Waals surface area (Å²) in [5, 5.41) is 6.52. The van der Waals surface area contributed by atoms with Gasteiger partial charge in [-0.05, 0) is 43.2 Å². The summed E-state index contributed by atoms with van der Waals surface area (Å²) in [6.45, 7) is 4.29. The van der Waals surface area contributed by atoms with Crippen molar-refractivity contribution < 1.29 is 4.79 Å². The molecule has 132 valence electrons. The molecule has 26 heavy (non-hydrogen) atoms. The van der Waals surface area contributed by atoms with Crippen LogP contribution in [-0.2, 0) is 6.54 Å². The van der Waals surface area contributed by atoms with Gasteiger partial charge in [-0.2, -0.15) is 0 Å². The van der Waals surface area contributed by atoms with Gasteiger partial charge in [0.25, 0.3) is 5.91 Å². The zero-order valence-electron chi connectivity index (χ0n) is 14.5. The van der Waals surface area contributed by atoms with Gasteiger partial charge in [-0.25, -0.2) is 9.97 Å². The van der Waals surface area contributed by atoms with Gasteiger partial charge in [-0.3, -0.25) is 9.78 Å². The van der Waals surface area contributed by atoms with Crippen molar-refractivity contribution in [3.05, 3.63) is 76.5 Å². The maximum atomic E-state index is 12.2. The van der Waals surface area contributed by atoms with Crippen LogP contribution in [0.25, 0.3) is 0 Å². The van der Waals surface area contributed by atoms with Gasteiger partial charge in [0.15, 0.2) is 0 Å². The van der Waals surface area contributed by atoms with Gasteiger partial charge in [0.1, 0.15) is 11.5 Å². The Morgan fingerprint density at radius 1 is 1.12 bits per heavy atom. The SMILES string of the molecule is Cc1cc(C)c(Nc2cnc(C(=O)NCc3ccccn3)cn2)c(Cl)c1. The number of hydrogen-bond acceptors (Lipinski definition) is 5. The van der Waals surface area contributed by atoms with Gasteiger partial charge in [-0.1, -0.05) is 23.7 Å². The number of amides is 1. The lowest BCUT2D eigenvalue weighted by Crippen LogP contribution is -2.24. The molecule has 3 aromatic rings. The fraction of sp³-hybridized carbons (Fsp3) is 0.158. The smallest absolute Gasteiger partial charge is 0.271 e. The first-order valence-electron chi connectivity index (χ1n) is 8.07. The third-order valence-electron chi connectivity index (χ3n) is 3.73. The van der Waals surface area contributed by atoms with Gasteiger partial charge in [0, 0.05) is 6.20 Å². The van der Waals surface area contributed by atoms with E-state index in [1.165, 1.54) is 12.4 Å². The van der Waals surface area contributed by atoms with E-state index in [0.29, 0.717) is 17.4 Å². The lowest BCUT2D eigenvalue weighted by atomic mass is 10.1. The molecule has 0 radical (unpaired) electrons. The summed E-state index contributed by atoms with van der Waals surface area (Å²) in [6, 6.07) is 9.44. The Kier molecular flexibility index (Phi) is 5.43. The maximum absolute atomic E-state index is 12.2. The highest BCUT2D eigenvalue weighted by Crippen LogP contribution is 2.29. The van der Waals surface area contributed by atoms with Crippen LogP contribution < -0.4 is 10.6 Å². The number of rotatable bonds is 5. The summed E-state index contributed by atoms with van der Waals surface area (Å²) in [7, 11) is 0. The van der Waals surface area contributed by atoms with E-state index in [1.54, 1.807) is 6.20 Å². The van der Waals surface area contributed by atoms with E-state index < -0.39 is 0 Å². The number of nitrogens with zero attached hydrogens (tertiary/aromatic N) is 3. The lowest BCUT2D eigenvalue weighted by Gasteiger charge is -2.12. The molecule has 0 unspecified atom stereocenters. The van der Waals surface area contributed by atoms with Gasteiger partial charge in [0.2, 0.25) is 0 Å². The molecule has 0 fully saturated rings. The molecule has 2 heterocycles. The van der Waals surface area contributed by atoms with Crippen molar-refractivity contribution in [1.29, 1.82) is 0 Å². The number of anilines is 2. The highest BCUT2D eigenvalue weighted by Gasteiger charge is 2.10. The van der Waals surface area contributed by atoms with Crippen molar-refractivity contribution in [2.24, 2.45) is 0 Å². The number of carbonyl (C=O) groups excluding carboxylic acids is 1. The fourth-order valence-corrected chi connectivity index (χ4v) is 2.84. The third kappa shape index (κ3) is 4.34. The molecular weight excluding hydrogens is 350 g/mol. The second-order valence-corrected chi connectivity index (χ2v) is 6.26. The Bertz CT molecular complexity index is 890. The number of halogens is 1. The first-order valence-corrected chi connectivity index (χ1v) is 8.44. The Balaban J connectivity index is 1.66. The Morgan fingerprint density at radius 3 is 2.62 bits per heavy atom. The molecule has 0 atom stereocenters. The quantitative estimate of drug-likeness (QED) is 0.716. The number of pyridine rings is 1. The minimum Gasteiger partial charge on any atom is -0.345 e. The average molecular weight is 368 g/mol. The molecule has 2 N–H and O–H groups in total. The van der Waals surface area contributed by atoms with Crippen LogP contribution in [0.15, 0.2) is 48.9 Å². The summed E-state index contributed by atoms with van der Waals surface area (Å²) in [5.41, 5.74) is 3.88. The van der Waals surface area contributed by atoms with Crippen molar-refractivity contribution in [2.75, 3.05) is 5.32 Å². The van der Waals surface area contributed by atoms with E-state index >= 15 is 0 Å². The molecule has 0 bridgehead atoms. The fourth-order valence-electron chi connectivity index (χ4n) is 2.48. The maximum Gasteiger partial charge on any atom is 0.271 e. The zero-order chi connectivity index (χ0) is 18.5. The average Bonchev–Trinajstić information content (AvgIpc) is 2.64. The van der Waals surface area contributed by atoms with Gasteiger partial charge in [0.05, 0.1) is 35.3 Å². The molecule has 0 spiro atoms. The molecule has 0 aliphatic carbocycles. The van der Waals surface area contributed by atoms with Crippen molar-refractivity contribution in [1.82, 2.24) is 20.3 Å². The van der Waals surface area contributed by atoms with Crippen LogP contribution in [0, 0.1) is 13.8 Å². The van der Waals surface area contributed by atoms with Crippen LogP contribution in [0.5, 0.6) is 0 Å². The molecule has 2 aromatic heterocycles. The van der Waals surface area contributed by atoms with Crippen LogP contribution in [0.1, 0.15) is 27.3 Å². The number of nitrogens with one attached hydrogen (secondary N) is 2. The first kappa shape index (κ1) is 17.8. The predicted octanol–water partition coefficient (Wildman–Crippen LogP) is 3.82. The monoisotopic (exact) mass is 367 g/mol. The molecule has 0 saturated heterocycles. The molecule has 6 nitrogen and oxygen atoms in total. The Morgan fingerprint density at radius 2 is 1.96 bits per heavy atom. The molecule has 7 heteroatoms. The van der Waals surface area contributed by atoms with E-state index in [9.17, 15) is 4.79 Å². The number of benzene rings is 1. The summed E-state index contributed by atoms with van der Waals surface area (Å²) in [4.78, 5) is 24.7. The van der Waals surface area contributed by atoms with Gasteiger partial charge < -0.3 is 10.6 Å². The number of carbonyl (C=O) groups is 1. The Labute approximate surface area is 156 Å². The topological polar surface area (TPSA) is 79.8 Å². The van der Waals surface area contributed by atoms with Crippen molar-refractivity contribution >= 4 is 29.0 Å². The van der Waals surface area contributed by atoms with Crippen LogP contribution in [-0.4, -0.2) is 20.9 Å². The largest absolute Gasteiger partial charge is 0.345 e. The summed E-state index contributed by atoms with van der Waals surface area (Å²) in [6.07, 6.45) is 4.61. The van der Waals surface area contributed by atoms with Crippen molar-refractivity contribution in [2.45, 2.75) is 20.4 Å². The normalized spacial score (nSPS) is 10.4. The van der Waals surface area contributed by atoms with Crippen molar-refractivity contribution in [3.63, 3.8) is 0 Å². The van der Waals surface area contributed by atoms with E-state index in [0.717, 1.165) is 22.5 Å². The first-order chi connectivity index (χ1) is 12.5. The summed E-state index contributed by atoms with van der Waals surface area (Å²) in [5.74, 6) is 0.208. The molecular formula is C19H18ClN5O. The van der Waals surface area contributed by atoms with Gasteiger partial charge in [-0.15, -0.1) is 0 Å². The lowest BCUT2D eigenvalue weighted by molar-refractivity contribution is 0.0945. The van der Waals surface area contributed by atoms with Gasteiger partial charge >= 0.3 is 0 Å². The summed E-state index contributed by atoms with van der Waals surface area (Å²) >= 11 is 6.29. The van der Waals surface area contributed by atoms with E-state index in [4.69, 9.17) is 11.6 Å². The number of hydrogen-bond donors (Lipinski definition) is 2. The third-order valence-corrected chi connectivity index (χ3v) is 4.02. The van der Waals surface area contributed by atoms with E-state index in [-0.39, 0.29) is 11.6 Å². The number of aryl methyl sites for hydroxylation is 2. The molecule has 1 aromatic carbocycles.